The molecule has 0 radical (unpaired) electrons. The van der Waals surface area contributed by atoms with Crippen LogP contribution >= 0.6 is 0 Å². The Hall–Kier alpha value is -1.89. The highest BCUT2D eigenvalue weighted by molar-refractivity contribution is 5.69. The van der Waals surface area contributed by atoms with E-state index in [4.69, 9.17) is 20.1 Å². The number of rotatable bonds is 11. The van der Waals surface area contributed by atoms with Gasteiger partial charge in [0.05, 0.1) is 39.5 Å². The maximum absolute atomic E-state index is 10.5. The van der Waals surface area contributed by atoms with E-state index in [1.54, 1.807) is 0 Å². The van der Waals surface area contributed by atoms with Crippen LogP contribution in [0.15, 0.2) is 9.98 Å². The van der Waals surface area contributed by atoms with Crippen molar-refractivity contribution in [3.63, 3.8) is 0 Å². The third-order valence-corrected chi connectivity index (χ3v) is 4.46. The number of cyclic esters (lactones) is 1. The third-order valence-electron chi connectivity index (χ3n) is 4.46. The second-order valence-electron chi connectivity index (χ2n) is 6.72. The molecule has 3 N–H and O–H groups in total. The lowest BCUT2D eigenvalue weighted by Gasteiger charge is -2.24. The van der Waals surface area contributed by atoms with Gasteiger partial charge in [-0.1, -0.05) is 19.8 Å². The van der Waals surface area contributed by atoms with E-state index in [-0.39, 0.29) is 25.8 Å². The van der Waals surface area contributed by atoms with Crippen molar-refractivity contribution in [3.05, 3.63) is 0 Å². The summed E-state index contributed by atoms with van der Waals surface area (Å²) in [4.78, 5) is 36.5. The van der Waals surface area contributed by atoms with E-state index in [0.717, 1.165) is 44.9 Å². The molecule has 168 valence electrons. The van der Waals surface area contributed by atoms with Gasteiger partial charge in [0.25, 0.3) is 0 Å². The van der Waals surface area contributed by atoms with E-state index in [1.165, 1.54) is 12.2 Å². The molecule has 9 heteroatoms. The Morgan fingerprint density at radius 2 is 1.41 bits per heavy atom. The largest absolute Gasteiger partial charge is 0.466 e. The van der Waals surface area contributed by atoms with Crippen molar-refractivity contribution in [3.8, 4) is 0 Å². The summed E-state index contributed by atoms with van der Waals surface area (Å²) in [5, 5.41) is 26.0. The monoisotopic (exact) mass is 416 g/mol. The van der Waals surface area contributed by atoms with E-state index in [1.807, 2.05) is 6.92 Å². The molecule has 0 aliphatic carbocycles. The molecule has 1 saturated heterocycles. The van der Waals surface area contributed by atoms with Gasteiger partial charge in [0.15, 0.2) is 0 Å². The molecule has 1 fully saturated rings. The zero-order valence-corrected chi connectivity index (χ0v) is 17.5. The van der Waals surface area contributed by atoms with Gasteiger partial charge in [-0.2, -0.15) is 0 Å². The Kier molecular flexibility index (Phi) is 22.6. The van der Waals surface area contributed by atoms with Gasteiger partial charge in [0, 0.05) is 11.8 Å². The summed E-state index contributed by atoms with van der Waals surface area (Å²) in [5.74, 6) is -0.0255. The fourth-order valence-electron chi connectivity index (χ4n) is 2.12. The average molecular weight is 417 g/mol. The first-order valence-electron chi connectivity index (χ1n) is 10.1. The van der Waals surface area contributed by atoms with Gasteiger partial charge < -0.3 is 20.1 Å². The number of carbonyl (C=O) groups excluding carboxylic acids is 3. The van der Waals surface area contributed by atoms with Crippen molar-refractivity contribution < 1.29 is 34.4 Å². The normalized spacial score (nSPS) is 13.2. The standard InChI is InChI=1S/C8H12N2O2.C6H14O3.C6H10O2/c11-7-9-5-3-1-2-4-6-10-8-12;1-2-6(3-7,4-8)5-9;7-6-4-2-1-3-5-8-6/h1-6H2;7-9H,2-5H2,1H3;1-5H2. The van der Waals surface area contributed by atoms with Crippen molar-refractivity contribution in [2.24, 2.45) is 15.4 Å². The number of unbranched alkanes of at least 4 members (excludes halogenated alkanes) is 3. The molecule has 1 rings (SSSR count). The summed E-state index contributed by atoms with van der Waals surface area (Å²) >= 11 is 0. The molecule has 0 saturated carbocycles. The quantitative estimate of drug-likeness (QED) is 0.201. The molecule has 0 unspecified atom stereocenters. The SMILES string of the molecule is CCC(CO)(CO)CO.O=C1CCCCCO1.O=C=NCCCCCCN=C=O. The molecule has 1 heterocycles. The number of esters is 1. The van der Waals surface area contributed by atoms with Gasteiger partial charge in [-0.15, -0.1) is 0 Å². The number of nitrogens with zero attached hydrogens (tertiary/aromatic N) is 2. The summed E-state index contributed by atoms with van der Waals surface area (Å²) in [7, 11) is 0. The van der Waals surface area contributed by atoms with Crippen LogP contribution in [0.5, 0.6) is 0 Å². The number of ether oxygens (including phenoxy) is 1. The summed E-state index contributed by atoms with van der Waals surface area (Å²) in [6.45, 7) is 3.10. The Labute approximate surface area is 172 Å². The van der Waals surface area contributed by atoms with E-state index in [2.05, 4.69) is 9.98 Å². The highest BCUT2D eigenvalue weighted by atomic mass is 16.5. The molecule has 29 heavy (non-hydrogen) atoms. The smallest absolute Gasteiger partial charge is 0.305 e. The first-order valence-corrected chi connectivity index (χ1v) is 10.1. The van der Waals surface area contributed by atoms with Crippen LogP contribution < -0.4 is 0 Å². The molecule has 0 aromatic carbocycles. The highest BCUT2D eigenvalue weighted by Crippen LogP contribution is 2.18. The maximum Gasteiger partial charge on any atom is 0.305 e. The molecule has 1 aliphatic heterocycles. The van der Waals surface area contributed by atoms with Gasteiger partial charge >= 0.3 is 5.97 Å². The molecule has 0 amide bonds. The van der Waals surface area contributed by atoms with Crippen LogP contribution in [-0.2, 0) is 19.1 Å². The number of aliphatic imine (C=N–C) groups is 2. The lowest BCUT2D eigenvalue weighted by Crippen LogP contribution is -2.32. The number of isocyanates is 2. The Balaban J connectivity index is 0. The van der Waals surface area contributed by atoms with Crippen LogP contribution in [0.1, 0.15) is 64.7 Å². The highest BCUT2D eigenvalue weighted by Gasteiger charge is 2.24. The van der Waals surface area contributed by atoms with E-state index < -0.39 is 5.41 Å². The van der Waals surface area contributed by atoms with Gasteiger partial charge in [-0.25, -0.2) is 19.6 Å². The van der Waals surface area contributed by atoms with E-state index >= 15 is 0 Å². The Bertz CT molecular complexity index is 434. The number of carbonyl (C=O) groups is 1. The number of hydrogen-bond donors (Lipinski definition) is 3. The molecule has 0 spiro atoms. The number of hydrogen-bond acceptors (Lipinski definition) is 9. The van der Waals surface area contributed by atoms with Crippen molar-refractivity contribution in [1.29, 1.82) is 0 Å². The zero-order valence-electron chi connectivity index (χ0n) is 17.5. The van der Waals surface area contributed by atoms with Crippen LogP contribution in [0, 0.1) is 5.41 Å². The molecular weight excluding hydrogens is 380 g/mol. The average Bonchev–Trinajstić information content (AvgIpc) is 3.01. The van der Waals surface area contributed by atoms with Crippen molar-refractivity contribution in [2.45, 2.75) is 64.7 Å². The second-order valence-corrected chi connectivity index (χ2v) is 6.72. The minimum atomic E-state index is -0.667. The van der Waals surface area contributed by atoms with Crippen LogP contribution in [0.25, 0.3) is 0 Å². The predicted octanol–water partition coefficient (Wildman–Crippen LogP) is 1.68. The first kappa shape index (κ1) is 29.3. The van der Waals surface area contributed by atoms with Gasteiger partial charge in [0.2, 0.25) is 12.2 Å². The minimum absolute atomic E-state index is 0.0255. The predicted molar refractivity (Wildman–Crippen MR) is 108 cm³/mol. The maximum atomic E-state index is 10.5. The van der Waals surface area contributed by atoms with Crippen LogP contribution in [0.3, 0.4) is 0 Å². The molecule has 0 aromatic rings. The fourth-order valence-corrected chi connectivity index (χ4v) is 2.12. The second kappa shape index (κ2) is 22.4. The lowest BCUT2D eigenvalue weighted by atomic mass is 9.88. The van der Waals surface area contributed by atoms with Crippen LogP contribution in [0.2, 0.25) is 0 Å². The molecule has 0 aromatic heterocycles. The van der Waals surface area contributed by atoms with Gasteiger partial charge in [0.1, 0.15) is 0 Å². The molecule has 0 bridgehead atoms. The molecule has 0 atom stereocenters. The number of aliphatic hydroxyl groups excluding tert-OH is 3. The Morgan fingerprint density at radius 3 is 1.79 bits per heavy atom. The molecular formula is C20H36N2O7. The summed E-state index contributed by atoms with van der Waals surface area (Å²) in [6, 6.07) is 0. The van der Waals surface area contributed by atoms with Crippen LogP contribution in [0.4, 0.5) is 0 Å². The lowest BCUT2D eigenvalue weighted by molar-refractivity contribution is -0.142. The fraction of sp³-hybridized carbons (Fsp3) is 0.850. The van der Waals surface area contributed by atoms with E-state index in [0.29, 0.717) is 32.5 Å². The summed E-state index contributed by atoms with van der Waals surface area (Å²) in [5.41, 5.74) is -0.667. The molecule has 9 nitrogen and oxygen atoms in total. The number of aliphatic hydroxyl groups is 3. The van der Waals surface area contributed by atoms with Crippen molar-refractivity contribution in [1.82, 2.24) is 0 Å². The third kappa shape index (κ3) is 19.2. The van der Waals surface area contributed by atoms with Crippen LogP contribution in [-0.4, -0.2) is 73.0 Å². The minimum Gasteiger partial charge on any atom is -0.466 e. The van der Waals surface area contributed by atoms with Crippen molar-refractivity contribution in [2.75, 3.05) is 39.5 Å². The first-order chi connectivity index (χ1) is 14.1. The molecule has 1 aliphatic rings. The topological polar surface area (TPSA) is 146 Å². The van der Waals surface area contributed by atoms with Gasteiger partial charge in [-0.05, 0) is 38.5 Å². The summed E-state index contributed by atoms with van der Waals surface area (Å²) < 4.78 is 4.76. The summed E-state index contributed by atoms with van der Waals surface area (Å²) in [6.07, 6.45) is 11.2. The van der Waals surface area contributed by atoms with E-state index in [9.17, 15) is 14.4 Å². The Morgan fingerprint density at radius 1 is 0.897 bits per heavy atom. The van der Waals surface area contributed by atoms with Crippen molar-refractivity contribution >= 4 is 18.1 Å². The van der Waals surface area contributed by atoms with Gasteiger partial charge in [-0.3, -0.25) is 4.79 Å². The zero-order chi connectivity index (χ0) is 22.2.